The van der Waals surface area contributed by atoms with Crippen LogP contribution in [0.4, 0.5) is 5.69 Å². The fourth-order valence-electron chi connectivity index (χ4n) is 4.65. The summed E-state index contributed by atoms with van der Waals surface area (Å²) in [7, 11) is -4.01. The molecule has 1 aliphatic heterocycles. The minimum atomic E-state index is -4.01. The number of fused-ring (bicyclic) bond motifs is 2. The van der Waals surface area contributed by atoms with E-state index < -0.39 is 27.9 Å². The van der Waals surface area contributed by atoms with Gasteiger partial charge in [0.2, 0.25) is 21.8 Å². The molecule has 3 aromatic rings. The van der Waals surface area contributed by atoms with Crippen molar-refractivity contribution < 1.29 is 22.8 Å². The summed E-state index contributed by atoms with van der Waals surface area (Å²) in [6, 6.07) is 16.2. The molecule has 2 bridgehead atoms. The van der Waals surface area contributed by atoms with E-state index in [1.807, 2.05) is 30.3 Å². The van der Waals surface area contributed by atoms with Crippen LogP contribution in [0, 0.1) is 6.92 Å². The summed E-state index contributed by atoms with van der Waals surface area (Å²) in [5.41, 5.74) is 2.00. The van der Waals surface area contributed by atoms with Crippen molar-refractivity contribution in [3.63, 3.8) is 0 Å². The van der Waals surface area contributed by atoms with E-state index in [-0.39, 0.29) is 55.4 Å². The number of hydrogen-bond donors (Lipinski definition) is 4. The molecule has 0 aliphatic carbocycles. The zero-order valence-corrected chi connectivity index (χ0v) is 25.4. The van der Waals surface area contributed by atoms with E-state index in [0.717, 1.165) is 5.56 Å². The Morgan fingerprint density at radius 2 is 1.70 bits per heavy atom. The number of carbonyl (C=O) groups excluding carboxylic acids is 3. The Hall–Kier alpha value is -4.00. The Balaban J connectivity index is 1.59. The minimum absolute atomic E-state index is 0.0251. The topological polar surface area (TPSA) is 150 Å². The average molecular weight is 627 g/mol. The first-order valence-electron chi connectivity index (χ1n) is 14.0. The van der Waals surface area contributed by atoms with Gasteiger partial charge in [-0.15, -0.1) is 0 Å². The second kappa shape index (κ2) is 14.9. The summed E-state index contributed by atoms with van der Waals surface area (Å²) >= 11 is 6.22. The van der Waals surface area contributed by atoms with Crippen LogP contribution in [0.5, 0.6) is 0 Å². The molecule has 2 aromatic carbocycles. The van der Waals surface area contributed by atoms with Crippen molar-refractivity contribution in [3.05, 3.63) is 88.7 Å². The molecule has 1 atom stereocenters. The molecule has 0 radical (unpaired) electrons. The highest BCUT2D eigenvalue weighted by Gasteiger charge is 2.28. The van der Waals surface area contributed by atoms with E-state index in [4.69, 9.17) is 11.6 Å². The summed E-state index contributed by atoms with van der Waals surface area (Å²) < 4.78 is 28.7. The van der Waals surface area contributed by atoms with Gasteiger partial charge in [0, 0.05) is 62.5 Å². The van der Waals surface area contributed by atoms with E-state index in [1.54, 1.807) is 31.2 Å². The molecular weight excluding hydrogens is 592 g/mol. The van der Waals surface area contributed by atoms with Crippen molar-refractivity contribution in [2.24, 2.45) is 0 Å². The van der Waals surface area contributed by atoms with Crippen LogP contribution in [0.15, 0.2) is 71.8 Å². The third kappa shape index (κ3) is 8.76. The molecule has 0 spiro atoms. The molecule has 3 amide bonds. The number of rotatable bonds is 4. The molecule has 11 nitrogen and oxygen atoms in total. The number of nitrogens with zero attached hydrogens (tertiary/aromatic N) is 2. The van der Waals surface area contributed by atoms with Crippen molar-refractivity contribution in [2.45, 2.75) is 37.1 Å². The highest BCUT2D eigenvalue weighted by Crippen LogP contribution is 2.25. The summed E-state index contributed by atoms with van der Waals surface area (Å²) in [4.78, 5) is 43.2. The van der Waals surface area contributed by atoms with Crippen LogP contribution in [0.2, 0.25) is 5.02 Å². The van der Waals surface area contributed by atoms with Crippen LogP contribution in [-0.4, -0.2) is 74.2 Å². The third-order valence-corrected chi connectivity index (χ3v) is 9.43. The SMILES string of the molecule is Cc1c(Cl)cccc1S(=O)(=O)N1CCCC(=O)NCCNc2ccnc(c2)C(=O)N[C@@H](Cc2ccccc2)C(=O)NCC1. The number of amides is 3. The van der Waals surface area contributed by atoms with E-state index in [2.05, 4.69) is 26.3 Å². The van der Waals surface area contributed by atoms with Crippen molar-refractivity contribution >= 4 is 45.0 Å². The average Bonchev–Trinajstić information content (AvgIpc) is 2.99. The lowest BCUT2D eigenvalue weighted by atomic mass is 10.0. The van der Waals surface area contributed by atoms with Gasteiger partial charge in [-0.05, 0) is 48.7 Å². The number of sulfonamides is 1. The fraction of sp³-hybridized carbons (Fsp3) is 0.333. The standard InChI is InChI=1S/C30H35ClN6O5S/c1-21-24(31)9-5-10-27(21)43(41,42)37-17-6-11-28(38)34-15-14-32-23-12-13-33-25(20-23)30(40)36-26(29(39)35-16-18-37)19-22-7-3-2-4-8-22/h2-5,7-10,12-13,20,26,32H,6,11,14-19H2,1H3,(H,34,38)(H,35,39)(H,36,40)/t26-/m0/s1. The second-order valence-corrected chi connectivity index (χ2v) is 12.4. The Morgan fingerprint density at radius 1 is 0.930 bits per heavy atom. The largest absolute Gasteiger partial charge is 0.383 e. The van der Waals surface area contributed by atoms with Crippen molar-refractivity contribution in [3.8, 4) is 0 Å². The Labute approximate surface area is 256 Å². The van der Waals surface area contributed by atoms with Gasteiger partial charge in [0.05, 0.1) is 4.90 Å². The summed E-state index contributed by atoms with van der Waals surface area (Å²) in [6.07, 6.45) is 2.09. The Bertz CT molecular complexity index is 1550. The third-order valence-electron chi connectivity index (χ3n) is 6.98. The van der Waals surface area contributed by atoms with Crippen LogP contribution in [0.25, 0.3) is 0 Å². The monoisotopic (exact) mass is 626 g/mol. The number of benzene rings is 2. The maximum atomic E-state index is 13.7. The molecule has 0 fully saturated rings. The van der Waals surface area contributed by atoms with Crippen LogP contribution in [0.3, 0.4) is 0 Å². The quantitative estimate of drug-likeness (QED) is 0.348. The van der Waals surface area contributed by atoms with Crippen molar-refractivity contribution in [1.29, 1.82) is 0 Å². The normalized spacial score (nSPS) is 18.2. The molecule has 4 rings (SSSR count). The highest BCUT2D eigenvalue weighted by molar-refractivity contribution is 7.89. The van der Waals surface area contributed by atoms with Gasteiger partial charge >= 0.3 is 0 Å². The molecule has 13 heteroatoms. The van der Waals surface area contributed by atoms with Crippen LogP contribution < -0.4 is 21.3 Å². The maximum absolute atomic E-state index is 13.7. The molecule has 43 heavy (non-hydrogen) atoms. The van der Waals surface area contributed by atoms with Gasteiger partial charge < -0.3 is 21.3 Å². The Kier molecular flexibility index (Phi) is 11.1. The maximum Gasteiger partial charge on any atom is 0.270 e. The summed E-state index contributed by atoms with van der Waals surface area (Å²) in [5.74, 6) is -1.23. The lowest BCUT2D eigenvalue weighted by Crippen LogP contribution is -2.50. The van der Waals surface area contributed by atoms with E-state index >= 15 is 0 Å². The number of carbonyl (C=O) groups is 3. The van der Waals surface area contributed by atoms with E-state index in [0.29, 0.717) is 29.4 Å². The van der Waals surface area contributed by atoms with Crippen molar-refractivity contribution in [1.82, 2.24) is 25.2 Å². The predicted molar refractivity (Wildman–Crippen MR) is 164 cm³/mol. The lowest BCUT2D eigenvalue weighted by molar-refractivity contribution is -0.123. The molecular formula is C30H35ClN6O5S. The minimum Gasteiger partial charge on any atom is -0.383 e. The van der Waals surface area contributed by atoms with Crippen LogP contribution >= 0.6 is 11.6 Å². The smallest absolute Gasteiger partial charge is 0.270 e. The van der Waals surface area contributed by atoms with Crippen LogP contribution in [0.1, 0.15) is 34.5 Å². The van der Waals surface area contributed by atoms with Gasteiger partial charge in [0.15, 0.2) is 0 Å². The van der Waals surface area contributed by atoms with Crippen LogP contribution in [-0.2, 0) is 26.0 Å². The van der Waals surface area contributed by atoms with Gasteiger partial charge in [-0.2, -0.15) is 4.31 Å². The number of aromatic nitrogens is 1. The van der Waals surface area contributed by atoms with Gasteiger partial charge in [0.1, 0.15) is 11.7 Å². The lowest BCUT2D eigenvalue weighted by Gasteiger charge is -2.24. The van der Waals surface area contributed by atoms with Crippen molar-refractivity contribution in [2.75, 3.05) is 38.0 Å². The zero-order chi connectivity index (χ0) is 30.8. The highest BCUT2D eigenvalue weighted by atomic mass is 35.5. The zero-order valence-electron chi connectivity index (χ0n) is 23.8. The second-order valence-electron chi connectivity index (χ2n) is 10.1. The van der Waals surface area contributed by atoms with Gasteiger partial charge in [-0.25, -0.2) is 8.42 Å². The Morgan fingerprint density at radius 3 is 2.49 bits per heavy atom. The van der Waals surface area contributed by atoms with Gasteiger partial charge in [-0.1, -0.05) is 48.0 Å². The summed E-state index contributed by atoms with van der Waals surface area (Å²) in [5, 5.41) is 11.8. The first-order chi connectivity index (χ1) is 20.6. The number of halogens is 1. The fourth-order valence-corrected chi connectivity index (χ4v) is 6.61. The molecule has 1 aliphatic rings. The van der Waals surface area contributed by atoms with Gasteiger partial charge in [0.25, 0.3) is 5.91 Å². The van der Waals surface area contributed by atoms with E-state index in [1.165, 1.54) is 16.6 Å². The first kappa shape index (κ1) is 31.9. The number of pyridine rings is 1. The molecule has 228 valence electrons. The van der Waals surface area contributed by atoms with E-state index in [9.17, 15) is 22.8 Å². The van der Waals surface area contributed by atoms with Gasteiger partial charge in [-0.3, -0.25) is 19.4 Å². The molecule has 0 saturated carbocycles. The predicted octanol–water partition coefficient (Wildman–Crippen LogP) is 2.51. The molecule has 2 heterocycles. The number of nitrogens with one attached hydrogen (secondary N) is 4. The first-order valence-corrected chi connectivity index (χ1v) is 15.8. The number of anilines is 1. The number of hydrogen-bond acceptors (Lipinski definition) is 7. The summed E-state index contributed by atoms with van der Waals surface area (Å²) in [6.45, 7) is 2.32. The molecule has 1 aromatic heterocycles. The molecule has 0 unspecified atom stereocenters. The molecule has 0 saturated heterocycles. The molecule has 4 N–H and O–H groups in total.